The second-order valence-corrected chi connectivity index (χ2v) is 5.23. The molecule has 1 atom stereocenters. The predicted molar refractivity (Wildman–Crippen MR) is 69.6 cm³/mol. The molecule has 0 saturated heterocycles. The molecule has 2 nitrogen and oxygen atoms in total. The maximum absolute atomic E-state index is 5.79. The molecule has 0 aliphatic rings. The molecule has 94 valence electrons. The SMILES string of the molecule is CC[NH+](CC)CC#CC[C@@H](C)OC(C)(C)C. The van der Waals surface area contributed by atoms with Crippen molar-refractivity contribution in [1.29, 1.82) is 0 Å². The summed E-state index contributed by atoms with van der Waals surface area (Å²) in [4.78, 5) is 1.54. The molecule has 0 aromatic carbocycles. The van der Waals surface area contributed by atoms with Gasteiger partial charge < -0.3 is 9.64 Å². The molecule has 0 aliphatic heterocycles. The second-order valence-electron chi connectivity index (χ2n) is 5.23. The summed E-state index contributed by atoms with van der Waals surface area (Å²) in [5, 5.41) is 0. The van der Waals surface area contributed by atoms with E-state index in [4.69, 9.17) is 4.74 Å². The van der Waals surface area contributed by atoms with Crippen molar-refractivity contribution in [2.24, 2.45) is 0 Å². The Hall–Kier alpha value is -0.520. The summed E-state index contributed by atoms with van der Waals surface area (Å²) in [5.41, 5.74) is -0.0643. The number of rotatable bonds is 5. The molecule has 0 heterocycles. The normalized spacial score (nSPS) is 13.4. The van der Waals surface area contributed by atoms with Crippen molar-refractivity contribution in [3.63, 3.8) is 0 Å². The van der Waals surface area contributed by atoms with E-state index in [1.165, 1.54) is 4.90 Å². The summed E-state index contributed by atoms with van der Waals surface area (Å²) in [7, 11) is 0. The van der Waals surface area contributed by atoms with Crippen LogP contribution in [0.25, 0.3) is 0 Å². The summed E-state index contributed by atoms with van der Waals surface area (Å²) < 4.78 is 5.79. The van der Waals surface area contributed by atoms with Gasteiger partial charge in [0, 0.05) is 6.42 Å². The van der Waals surface area contributed by atoms with E-state index in [1.807, 2.05) is 0 Å². The van der Waals surface area contributed by atoms with Crippen molar-refractivity contribution in [2.45, 2.75) is 59.7 Å². The lowest BCUT2D eigenvalue weighted by molar-refractivity contribution is -0.889. The summed E-state index contributed by atoms with van der Waals surface area (Å²) in [6, 6.07) is 0. The number of ether oxygens (including phenoxy) is 1. The van der Waals surface area contributed by atoms with E-state index in [0.29, 0.717) is 0 Å². The minimum Gasteiger partial charge on any atom is -0.372 e. The van der Waals surface area contributed by atoms with Gasteiger partial charge in [-0.1, -0.05) is 5.92 Å². The van der Waals surface area contributed by atoms with Crippen molar-refractivity contribution >= 4 is 0 Å². The quantitative estimate of drug-likeness (QED) is 0.702. The number of hydrogen-bond donors (Lipinski definition) is 1. The van der Waals surface area contributed by atoms with Crippen LogP contribution in [0.1, 0.15) is 48.0 Å². The van der Waals surface area contributed by atoms with Gasteiger partial charge in [-0.15, -0.1) is 0 Å². The fraction of sp³-hybridized carbons (Fsp3) is 0.857. The van der Waals surface area contributed by atoms with Gasteiger partial charge in [0.05, 0.1) is 24.8 Å². The third kappa shape index (κ3) is 8.76. The van der Waals surface area contributed by atoms with E-state index in [0.717, 1.165) is 26.1 Å². The molecule has 16 heavy (non-hydrogen) atoms. The number of hydrogen-bond acceptors (Lipinski definition) is 1. The molecular formula is C14H28NO+. The summed E-state index contributed by atoms with van der Waals surface area (Å²) in [5.74, 6) is 6.45. The smallest absolute Gasteiger partial charge is 0.139 e. The van der Waals surface area contributed by atoms with Crippen molar-refractivity contribution in [3.05, 3.63) is 0 Å². The van der Waals surface area contributed by atoms with Crippen LogP contribution in [-0.4, -0.2) is 31.3 Å². The fourth-order valence-electron chi connectivity index (χ4n) is 1.55. The van der Waals surface area contributed by atoms with E-state index in [2.05, 4.69) is 53.4 Å². The first-order valence-corrected chi connectivity index (χ1v) is 6.36. The molecule has 0 aliphatic carbocycles. The lowest BCUT2D eigenvalue weighted by Gasteiger charge is -2.23. The zero-order valence-corrected chi connectivity index (χ0v) is 11.8. The zero-order chi connectivity index (χ0) is 12.6. The Morgan fingerprint density at radius 2 is 1.69 bits per heavy atom. The highest BCUT2D eigenvalue weighted by Crippen LogP contribution is 2.11. The Morgan fingerprint density at radius 1 is 1.12 bits per heavy atom. The lowest BCUT2D eigenvalue weighted by atomic mass is 10.1. The standard InChI is InChI=1S/C14H27NO/c1-7-15(8-2)12-10-9-11-13(3)16-14(4,5)6/h13H,7-8,11-12H2,1-6H3/p+1/t13-/m1/s1. The van der Waals surface area contributed by atoms with Gasteiger partial charge in [0.25, 0.3) is 0 Å². The molecule has 0 fully saturated rings. The first kappa shape index (κ1) is 15.5. The van der Waals surface area contributed by atoms with Crippen LogP contribution in [0.3, 0.4) is 0 Å². The molecule has 0 aromatic heterocycles. The topological polar surface area (TPSA) is 13.7 Å². The molecule has 0 rings (SSSR count). The van der Waals surface area contributed by atoms with Gasteiger partial charge in [-0.2, -0.15) is 0 Å². The van der Waals surface area contributed by atoms with Gasteiger partial charge in [-0.3, -0.25) is 0 Å². The minimum absolute atomic E-state index is 0.0643. The molecule has 0 amide bonds. The van der Waals surface area contributed by atoms with E-state index >= 15 is 0 Å². The minimum atomic E-state index is -0.0643. The van der Waals surface area contributed by atoms with E-state index in [-0.39, 0.29) is 11.7 Å². The number of nitrogens with one attached hydrogen (secondary N) is 1. The summed E-state index contributed by atoms with van der Waals surface area (Å²) >= 11 is 0. The van der Waals surface area contributed by atoms with Gasteiger partial charge in [0.1, 0.15) is 6.54 Å². The first-order chi connectivity index (χ1) is 7.39. The van der Waals surface area contributed by atoms with Crippen LogP contribution in [0.5, 0.6) is 0 Å². The van der Waals surface area contributed by atoms with Crippen molar-refractivity contribution in [3.8, 4) is 11.8 Å². The van der Waals surface area contributed by atoms with Gasteiger partial charge in [0.2, 0.25) is 0 Å². The molecule has 1 N–H and O–H groups in total. The van der Waals surface area contributed by atoms with Gasteiger partial charge in [0.15, 0.2) is 0 Å². The average Bonchev–Trinajstić information content (AvgIpc) is 2.15. The highest BCUT2D eigenvalue weighted by atomic mass is 16.5. The third-order valence-corrected chi connectivity index (χ3v) is 2.41. The molecule has 0 bridgehead atoms. The Balaban J connectivity index is 3.83. The van der Waals surface area contributed by atoms with Crippen LogP contribution in [0.4, 0.5) is 0 Å². The summed E-state index contributed by atoms with van der Waals surface area (Å²) in [6.07, 6.45) is 1.05. The van der Waals surface area contributed by atoms with Crippen molar-refractivity contribution in [2.75, 3.05) is 19.6 Å². The Morgan fingerprint density at radius 3 is 2.12 bits per heavy atom. The average molecular weight is 226 g/mol. The second kappa shape index (κ2) is 7.70. The molecule has 0 radical (unpaired) electrons. The Bertz CT molecular complexity index is 227. The summed E-state index contributed by atoms with van der Waals surface area (Å²) in [6.45, 7) is 16.0. The Labute approximate surface area is 101 Å². The molecule has 0 aromatic rings. The largest absolute Gasteiger partial charge is 0.372 e. The first-order valence-electron chi connectivity index (χ1n) is 6.36. The highest BCUT2D eigenvalue weighted by molar-refractivity contribution is 5.00. The zero-order valence-electron chi connectivity index (χ0n) is 11.8. The fourth-order valence-corrected chi connectivity index (χ4v) is 1.55. The predicted octanol–water partition coefficient (Wildman–Crippen LogP) is 1.51. The van der Waals surface area contributed by atoms with Crippen LogP contribution < -0.4 is 4.90 Å². The van der Waals surface area contributed by atoms with E-state index < -0.39 is 0 Å². The van der Waals surface area contributed by atoms with Gasteiger partial charge >= 0.3 is 0 Å². The molecule has 0 unspecified atom stereocenters. The van der Waals surface area contributed by atoms with Gasteiger partial charge in [-0.05, 0) is 47.5 Å². The van der Waals surface area contributed by atoms with Crippen LogP contribution >= 0.6 is 0 Å². The molecule has 2 heteroatoms. The monoisotopic (exact) mass is 226 g/mol. The van der Waals surface area contributed by atoms with Gasteiger partial charge in [-0.25, -0.2) is 0 Å². The van der Waals surface area contributed by atoms with Crippen LogP contribution in [-0.2, 0) is 4.74 Å². The van der Waals surface area contributed by atoms with E-state index in [9.17, 15) is 0 Å². The van der Waals surface area contributed by atoms with Crippen LogP contribution in [0, 0.1) is 11.8 Å². The maximum Gasteiger partial charge on any atom is 0.139 e. The van der Waals surface area contributed by atoms with Crippen LogP contribution in [0.15, 0.2) is 0 Å². The Kier molecular flexibility index (Phi) is 7.45. The van der Waals surface area contributed by atoms with Crippen LogP contribution in [0.2, 0.25) is 0 Å². The number of quaternary nitrogens is 1. The maximum atomic E-state index is 5.79. The highest BCUT2D eigenvalue weighted by Gasteiger charge is 2.13. The third-order valence-electron chi connectivity index (χ3n) is 2.41. The van der Waals surface area contributed by atoms with Crippen molar-refractivity contribution < 1.29 is 9.64 Å². The molecule has 0 spiro atoms. The lowest BCUT2D eigenvalue weighted by Crippen LogP contribution is -3.11. The molecule has 0 saturated carbocycles. The van der Waals surface area contributed by atoms with Crippen molar-refractivity contribution in [1.82, 2.24) is 0 Å². The van der Waals surface area contributed by atoms with E-state index in [1.54, 1.807) is 0 Å². The molecular weight excluding hydrogens is 198 g/mol.